The summed E-state index contributed by atoms with van der Waals surface area (Å²) in [7, 11) is 2.76. The first-order valence-electron chi connectivity index (χ1n) is 9.10. The van der Waals surface area contributed by atoms with Gasteiger partial charge in [-0.15, -0.1) is 0 Å². The number of nitrogens with zero attached hydrogens (tertiary/aromatic N) is 1. The fourth-order valence-electron chi connectivity index (χ4n) is 3.35. The van der Waals surface area contributed by atoms with Gasteiger partial charge in [-0.05, 0) is 37.1 Å². The lowest BCUT2D eigenvalue weighted by molar-refractivity contribution is -0.259. The smallest absolute Gasteiger partial charge is 0.417 e. The van der Waals surface area contributed by atoms with Crippen molar-refractivity contribution in [2.45, 2.75) is 38.5 Å². The van der Waals surface area contributed by atoms with Crippen LogP contribution in [0.25, 0.3) is 5.57 Å². The summed E-state index contributed by atoms with van der Waals surface area (Å²) in [5, 5.41) is 10.2. The van der Waals surface area contributed by atoms with Gasteiger partial charge in [-0.3, -0.25) is 9.59 Å². The molecule has 1 aromatic rings. The number of hydrogen-bond acceptors (Lipinski definition) is 5. The van der Waals surface area contributed by atoms with E-state index in [0.717, 1.165) is 0 Å². The number of alkyl halides is 3. The highest BCUT2D eigenvalue weighted by Crippen LogP contribution is 2.46. The Hall–Kier alpha value is -2.55. The van der Waals surface area contributed by atoms with Crippen LogP contribution in [0.3, 0.4) is 0 Å². The third kappa shape index (κ3) is 4.24. The van der Waals surface area contributed by atoms with Crippen LogP contribution in [-0.4, -0.2) is 60.8 Å². The first-order chi connectivity index (χ1) is 13.5. The lowest BCUT2D eigenvalue weighted by Crippen LogP contribution is -2.50. The van der Waals surface area contributed by atoms with Crippen molar-refractivity contribution in [3.05, 3.63) is 29.3 Å². The van der Waals surface area contributed by atoms with Crippen molar-refractivity contribution in [2.24, 2.45) is 0 Å². The average molecular weight is 415 g/mol. The topological polar surface area (TPSA) is 76.1 Å². The summed E-state index contributed by atoms with van der Waals surface area (Å²) in [5.41, 5.74) is -3.58. The Morgan fingerprint density at radius 2 is 1.72 bits per heavy atom. The van der Waals surface area contributed by atoms with E-state index in [1.54, 1.807) is 13.8 Å². The number of Topliss-reactive ketones (excluding diaryl/α,β-unsaturated/α-hetero) is 1. The van der Waals surface area contributed by atoms with E-state index in [-0.39, 0.29) is 35.5 Å². The highest BCUT2D eigenvalue weighted by atomic mass is 19.4. The Labute approximate surface area is 166 Å². The molecule has 0 aromatic heterocycles. The molecule has 0 bridgehead atoms. The van der Waals surface area contributed by atoms with Crippen molar-refractivity contribution < 1.29 is 37.3 Å². The van der Waals surface area contributed by atoms with Crippen LogP contribution in [0.4, 0.5) is 13.2 Å². The molecular formula is C20H24F3NO5. The molecule has 29 heavy (non-hydrogen) atoms. The Morgan fingerprint density at radius 1 is 1.14 bits per heavy atom. The first kappa shape index (κ1) is 22.7. The maximum atomic E-state index is 13.5. The Morgan fingerprint density at radius 3 is 2.21 bits per heavy atom. The van der Waals surface area contributed by atoms with Gasteiger partial charge in [0.15, 0.2) is 22.9 Å². The van der Waals surface area contributed by atoms with Crippen LogP contribution in [-0.2, 0) is 9.59 Å². The molecule has 1 aliphatic rings. The summed E-state index contributed by atoms with van der Waals surface area (Å²) in [4.78, 5) is 26.9. The Kier molecular flexibility index (Phi) is 6.62. The molecule has 1 unspecified atom stereocenters. The van der Waals surface area contributed by atoms with Crippen LogP contribution in [0.2, 0.25) is 0 Å². The maximum absolute atomic E-state index is 13.5. The van der Waals surface area contributed by atoms with Crippen LogP contribution < -0.4 is 9.47 Å². The van der Waals surface area contributed by atoms with E-state index in [2.05, 4.69) is 0 Å². The molecule has 160 valence electrons. The summed E-state index contributed by atoms with van der Waals surface area (Å²) < 4.78 is 50.8. The monoisotopic (exact) mass is 415 g/mol. The number of carbonyl (C=O) groups excluding carboxylic acids is 2. The van der Waals surface area contributed by atoms with E-state index in [0.29, 0.717) is 5.75 Å². The van der Waals surface area contributed by atoms with Crippen molar-refractivity contribution in [2.75, 3.05) is 27.3 Å². The number of halogens is 3. The van der Waals surface area contributed by atoms with Crippen LogP contribution in [0.1, 0.15) is 32.3 Å². The predicted molar refractivity (Wildman–Crippen MR) is 99.6 cm³/mol. The lowest BCUT2D eigenvalue weighted by Gasteiger charge is -2.36. The number of rotatable bonds is 6. The molecule has 1 amide bonds. The van der Waals surface area contributed by atoms with Gasteiger partial charge >= 0.3 is 6.18 Å². The standard InChI is InChI=1S/C20H24F3NO5/c1-5-24(6-2)18(26)17-13(10-19(27,11-14(17)25)20(21,22)23)12-7-8-15(28-3)16(9-12)29-4/h7-9,27H,5-6,10-11H2,1-4H3. The molecule has 1 N–H and O–H groups in total. The normalized spacial score (nSPS) is 19.9. The SMILES string of the molecule is CCN(CC)C(=O)C1=C(c2ccc(OC)c(OC)c2)CC(O)(C(F)(F)F)CC1=O. The summed E-state index contributed by atoms with van der Waals surface area (Å²) in [6.45, 7) is 3.98. The van der Waals surface area contributed by atoms with E-state index in [9.17, 15) is 27.9 Å². The van der Waals surface area contributed by atoms with Gasteiger partial charge in [0.05, 0.1) is 19.8 Å². The van der Waals surface area contributed by atoms with E-state index in [4.69, 9.17) is 9.47 Å². The molecule has 0 radical (unpaired) electrons. The Balaban J connectivity index is 2.73. The van der Waals surface area contributed by atoms with Gasteiger partial charge in [0.1, 0.15) is 0 Å². The molecule has 0 saturated carbocycles. The molecule has 0 fully saturated rings. The van der Waals surface area contributed by atoms with Crippen molar-refractivity contribution in [1.29, 1.82) is 0 Å². The fraction of sp³-hybridized carbons (Fsp3) is 0.500. The highest BCUT2D eigenvalue weighted by molar-refractivity contribution is 6.25. The van der Waals surface area contributed by atoms with Gasteiger partial charge in [0.25, 0.3) is 5.91 Å². The second kappa shape index (κ2) is 8.44. The summed E-state index contributed by atoms with van der Waals surface area (Å²) >= 11 is 0. The largest absolute Gasteiger partial charge is 0.493 e. The molecule has 6 nitrogen and oxygen atoms in total. The zero-order valence-corrected chi connectivity index (χ0v) is 16.7. The van der Waals surface area contributed by atoms with Gasteiger partial charge in [0.2, 0.25) is 0 Å². The quantitative estimate of drug-likeness (QED) is 0.723. The molecule has 9 heteroatoms. The van der Waals surface area contributed by atoms with E-state index >= 15 is 0 Å². The second-order valence-corrected chi connectivity index (χ2v) is 6.71. The Bertz CT molecular complexity index is 830. The molecule has 1 aromatic carbocycles. The first-order valence-corrected chi connectivity index (χ1v) is 9.10. The molecule has 1 atom stereocenters. The number of methoxy groups -OCH3 is 2. The summed E-state index contributed by atoms with van der Waals surface area (Å²) in [6.07, 6.45) is -7.15. The molecule has 0 saturated heterocycles. The van der Waals surface area contributed by atoms with Crippen LogP contribution in [0.15, 0.2) is 23.8 Å². The number of ketones is 1. The van der Waals surface area contributed by atoms with Gasteiger partial charge in [-0.1, -0.05) is 6.07 Å². The molecule has 0 spiro atoms. The number of carbonyl (C=O) groups is 2. The van der Waals surface area contributed by atoms with E-state index in [1.807, 2.05) is 0 Å². The number of likely N-dealkylation sites (N-methyl/N-ethyl adjacent to an activating group) is 1. The van der Waals surface area contributed by atoms with Crippen molar-refractivity contribution in [3.8, 4) is 11.5 Å². The highest BCUT2D eigenvalue weighted by Gasteiger charge is 2.58. The minimum Gasteiger partial charge on any atom is -0.493 e. The van der Waals surface area contributed by atoms with Crippen LogP contribution in [0.5, 0.6) is 11.5 Å². The number of aliphatic hydroxyl groups is 1. The second-order valence-electron chi connectivity index (χ2n) is 6.71. The van der Waals surface area contributed by atoms with Crippen LogP contribution >= 0.6 is 0 Å². The molecule has 0 aliphatic heterocycles. The average Bonchev–Trinajstić information content (AvgIpc) is 2.66. The third-order valence-corrected chi connectivity index (χ3v) is 5.03. The van der Waals surface area contributed by atoms with Gasteiger partial charge in [0, 0.05) is 25.9 Å². The lowest BCUT2D eigenvalue weighted by atomic mass is 9.76. The zero-order chi connectivity index (χ0) is 22.0. The third-order valence-electron chi connectivity index (χ3n) is 5.03. The summed E-state index contributed by atoms with van der Waals surface area (Å²) in [5.74, 6) is -1.14. The van der Waals surface area contributed by atoms with Gasteiger partial charge in [-0.25, -0.2) is 0 Å². The number of hydrogen-bond donors (Lipinski definition) is 1. The van der Waals surface area contributed by atoms with E-state index in [1.165, 1.54) is 37.3 Å². The number of benzene rings is 1. The zero-order valence-electron chi connectivity index (χ0n) is 16.7. The maximum Gasteiger partial charge on any atom is 0.417 e. The van der Waals surface area contributed by atoms with E-state index < -0.39 is 36.3 Å². The molecule has 1 aliphatic carbocycles. The fourth-order valence-corrected chi connectivity index (χ4v) is 3.35. The van der Waals surface area contributed by atoms with Crippen molar-refractivity contribution in [3.63, 3.8) is 0 Å². The molecular weight excluding hydrogens is 391 g/mol. The van der Waals surface area contributed by atoms with Crippen molar-refractivity contribution >= 4 is 17.3 Å². The number of ether oxygens (including phenoxy) is 2. The van der Waals surface area contributed by atoms with Gasteiger partial charge < -0.3 is 19.5 Å². The molecule has 2 rings (SSSR count). The minimum atomic E-state index is -5.03. The van der Waals surface area contributed by atoms with Crippen LogP contribution in [0, 0.1) is 0 Å². The molecule has 0 heterocycles. The van der Waals surface area contributed by atoms with Crippen molar-refractivity contribution in [1.82, 2.24) is 4.90 Å². The van der Waals surface area contributed by atoms with Gasteiger partial charge in [-0.2, -0.15) is 13.2 Å². The predicted octanol–water partition coefficient (Wildman–Crippen LogP) is 2.98. The minimum absolute atomic E-state index is 0.168. The summed E-state index contributed by atoms with van der Waals surface area (Å²) in [6, 6.07) is 4.28. The number of amides is 1.